The number of carboxylic acid groups (broad SMARTS) is 1. The molecule has 1 amide bonds. The zero-order valence-corrected chi connectivity index (χ0v) is 17.5. The van der Waals surface area contributed by atoms with Crippen molar-refractivity contribution in [3.05, 3.63) is 59.9 Å². The number of fused-ring (bicyclic) bond motifs is 3. The molecule has 4 aromatic rings. The van der Waals surface area contributed by atoms with E-state index in [1.807, 2.05) is 22.8 Å². The van der Waals surface area contributed by atoms with Gasteiger partial charge in [0.05, 0.1) is 49.6 Å². The third-order valence-electron chi connectivity index (χ3n) is 5.20. The van der Waals surface area contributed by atoms with Gasteiger partial charge in [-0.05, 0) is 30.3 Å². The van der Waals surface area contributed by atoms with Crippen molar-refractivity contribution in [2.45, 2.75) is 6.54 Å². The third kappa shape index (κ3) is 3.64. The lowest BCUT2D eigenvalue weighted by molar-refractivity contribution is -0.139. The number of methoxy groups -OCH3 is 2. The van der Waals surface area contributed by atoms with Gasteiger partial charge < -0.3 is 29.6 Å². The molecule has 0 bridgehead atoms. The number of rotatable bonds is 8. The van der Waals surface area contributed by atoms with Gasteiger partial charge in [-0.2, -0.15) is 0 Å². The number of carbonyl (C=O) groups excluding carboxylic acids is 1. The van der Waals surface area contributed by atoms with Crippen LogP contribution in [-0.4, -0.2) is 47.4 Å². The molecular weight excluding hydrogens is 414 g/mol. The summed E-state index contributed by atoms with van der Waals surface area (Å²) in [6.07, 6.45) is 3.07. The largest absolute Gasteiger partial charge is 0.497 e. The molecule has 4 rings (SSSR count). The maximum Gasteiger partial charge on any atom is 0.341 e. The molecule has 0 atom stereocenters. The Bertz CT molecular complexity index is 1340. The third-order valence-corrected chi connectivity index (χ3v) is 5.20. The fourth-order valence-electron chi connectivity index (χ4n) is 3.84. The highest BCUT2D eigenvalue weighted by molar-refractivity contribution is 6.19. The molecule has 0 aliphatic heterocycles. The van der Waals surface area contributed by atoms with Gasteiger partial charge in [-0.3, -0.25) is 9.78 Å². The van der Waals surface area contributed by atoms with E-state index in [1.165, 1.54) is 6.20 Å². The number of carbonyl (C=O) groups is 2. The van der Waals surface area contributed by atoms with Gasteiger partial charge in [0.1, 0.15) is 17.2 Å². The fourth-order valence-corrected chi connectivity index (χ4v) is 3.84. The molecule has 2 aromatic carbocycles. The standard InChI is InChI=1S/C23H21N3O6/c1-30-14-6-7-18(31-2)13(8-14)11-26-16-5-3-4-15(23(24)29)21(16)22-17(26)9-25-10-19(22)32-12-20(27)28/h3-10H,11-12H2,1-2H3,(H2,24,29)(H,27,28). The second-order valence-corrected chi connectivity index (χ2v) is 7.04. The number of nitrogens with zero attached hydrogens (tertiary/aromatic N) is 2. The van der Waals surface area contributed by atoms with Crippen LogP contribution in [0.3, 0.4) is 0 Å². The summed E-state index contributed by atoms with van der Waals surface area (Å²) in [6, 6.07) is 10.7. The van der Waals surface area contributed by atoms with Crippen molar-refractivity contribution < 1.29 is 28.9 Å². The predicted octanol–water partition coefficient (Wildman–Crippen LogP) is 2.82. The van der Waals surface area contributed by atoms with Crippen molar-refractivity contribution >= 4 is 33.7 Å². The monoisotopic (exact) mass is 435 g/mol. The number of pyridine rings is 1. The Balaban J connectivity index is 2.01. The Morgan fingerprint density at radius 3 is 2.53 bits per heavy atom. The molecule has 0 saturated heterocycles. The number of aromatic nitrogens is 2. The van der Waals surface area contributed by atoms with Crippen molar-refractivity contribution in [1.29, 1.82) is 0 Å². The van der Waals surface area contributed by atoms with Crippen molar-refractivity contribution in [3.63, 3.8) is 0 Å². The Kier molecular flexibility index (Phi) is 5.55. The van der Waals surface area contributed by atoms with Crippen LogP contribution in [0, 0.1) is 0 Å². The summed E-state index contributed by atoms with van der Waals surface area (Å²) in [5, 5.41) is 10.2. The van der Waals surface area contributed by atoms with E-state index < -0.39 is 18.5 Å². The molecule has 0 aliphatic carbocycles. The van der Waals surface area contributed by atoms with Gasteiger partial charge in [0.25, 0.3) is 0 Å². The number of hydrogen-bond acceptors (Lipinski definition) is 6. The maximum absolute atomic E-state index is 12.2. The SMILES string of the molecule is COc1ccc(OC)c(Cn2c3cncc(OCC(=O)O)c3c3c(C(N)=O)cccc32)c1. The minimum absolute atomic E-state index is 0.250. The molecule has 2 aromatic heterocycles. The van der Waals surface area contributed by atoms with E-state index in [4.69, 9.17) is 25.1 Å². The highest BCUT2D eigenvalue weighted by Gasteiger charge is 2.21. The van der Waals surface area contributed by atoms with Crippen LogP contribution in [0.1, 0.15) is 15.9 Å². The molecule has 0 unspecified atom stereocenters. The quantitative estimate of drug-likeness (QED) is 0.436. The maximum atomic E-state index is 12.2. The fraction of sp³-hybridized carbons (Fsp3) is 0.174. The van der Waals surface area contributed by atoms with E-state index >= 15 is 0 Å². The summed E-state index contributed by atoms with van der Waals surface area (Å²) >= 11 is 0. The summed E-state index contributed by atoms with van der Waals surface area (Å²) in [5.41, 5.74) is 8.17. The number of nitrogens with two attached hydrogens (primary N) is 1. The summed E-state index contributed by atoms with van der Waals surface area (Å²) < 4.78 is 18.3. The van der Waals surface area contributed by atoms with Crippen LogP contribution >= 0.6 is 0 Å². The molecule has 2 heterocycles. The minimum atomic E-state index is -1.12. The van der Waals surface area contributed by atoms with Gasteiger partial charge in [0, 0.05) is 16.5 Å². The van der Waals surface area contributed by atoms with Gasteiger partial charge in [-0.15, -0.1) is 0 Å². The Morgan fingerprint density at radius 1 is 1.03 bits per heavy atom. The first-order valence-corrected chi connectivity index (χ1v) is 9.68. The van der Waals surface area contributed by atoms with E-state index in [1.54, 1.807) is 38.6 Å². The van der Waals surface area contributed by atoms with Crippen LogP contribution in [0.15, 0.2) is 48.8 Å². The van der Waals surface area contributed by atoms with Gasteiger partial charge in [0.2, 0.25) is 5.91 Å². The first-order valence-electron chi connectivity index (χ1n) is 9.68. The van der Waals surface area contributed by atoms with E-state index in [-0.39, 0.29) is 5.75 Å². The first kappa shape index (κ1) is 21.0. The van der Waals surface area contributed by atoms with Gasteiger partial charge in [0.15, 0.2) is 6.61 Å². The zero-order valence-electron chi connectivity index (χ0n) is 17.5. The molecule has 0 aliphatic rings. The average molecular weight is 435 g/mol. The normalized spacial score (nSPS) is 10.9. The lowest BCUT2D eigenvalue weighted by atomic mass is 10.1. The lowest BCUT2D eigenvalue weighted by Crippen LogP contribution is -2.11. The lowest BCUT2D eigenvalue weighted by Gasteiger charge is -2.13. The van der Waals surface area contributed by atoms with E-state index in [0.29, 0.717) is 45.4 Å². The number of amides is 1. The highest BCUT2D eigenvalue weighted by atomic mass is 16.5. The second-order valence-electron chi connectivity index (χ2n) is 7.04. The zero-order chi connectivity index (χ0) is 22.8. The van der Waals surface area contributed by atoms with Crippen LogP contribution in [0.4, 0.5) is 0 Å². The van der Waals surface area contributed by atoms with Crippen LogP contribution in [-0.2, 0) is 11.3 Å². The van der Waals surface area contributed by atoms with Crippen molar-refractivity contribution in [3.8, 4) is 17.2 Å². The number of hydrogen-bond donors (Lipinski definition) is 2. The molecule has 3 N–H and O–H groups in total. The number of aliphatic carboxylic acids is 1. The highest BCUT2D eigenvalue weighted by Crippen LogP contribution is 2.38. The van der Waals surface area contributed by atoms with Crippen LogP contribution in [0.25, 0.3) is 21.8 Å². The van der Waals surface area contributed by atoms with E-state index in [0.717, 1.165) is 5.56 Å². The number of carboxylic acids is 1. The number of primary amides is 1. The Hall–Kier alpha value is -4.27. The topological polar surface area (TPSA) is 126 Å². The van der Waals surface area contributed by atoms with E-state index in [2.05, 4.69) is 4.98 Å². The van der Waals surface area contributed by atoms with E-state index in [9.17, 15) is 9.59 Å². The molecular formula is C23H21N3O6. The molecule has 32 heavy (non-hydrogen) atoms. The molecule has 9 heteroatoms. The molecule has 0 fully saturated rings. The minimum Gasteiger partial charge on any atom is -0.497 e. The number of ether oxygens (including phenoxy) is 3. The predicted molar refractivity (Wildman–Crippen MR) is 118 cm³/mol. The van der Waals surface area contributed by atoms with Gasteiger partial charge in [-0.25, -0.2) is 4.79 Å². The van der Waals surface area contributed by atoms with Crippen molar-refractivity contribution in [2.75, 3.05) is 20.8 Å². The van der Waals surface area contributed by atoms with Crippen LogP contribution in [0.2, 0.25) is 0 Å². The Morgan fingerprint density at radius 2 is 1.84 bits per heavy atom. The number of benzene rings is 2. The van der Waals surface area contributed by atoms with Gasteiger partial charge >= 0.3 is 5.97 Å². The van der Waals surface area contributed by atoms with Crippen molar-refractivity contribution in [2.24, 2.45) is 5.73 Å². The smallest absolute Gasteiger partial charge is 0.341 e. The molecule has 0 radical (unpaired) electrons. The summed E-state index contributed by atoms with van der Waals surface area (Å²) in [5.74, 6) is -0.141. The van der Waals surface area contributed by atoms with Crippen LogP contribution in [0.5, 0.6) is 17.2 Å². The van der Waals surface area contributed by atoms with Gasteiger partial charge in [-0.1, -0.05) is 6.07 Å². The van der Waals surface area contributed by atoms with Crippen LogP contribution < -0.4 is 19.9 Å². The molecule has 164 valence electrons. The summed E-state index contributed by atoms with van der Waals surface area (Å²) in [4.78, 5) is 27.5. The molecule has 0 spiro atoms. The second kappa shape index (κ2) is 8.46. The Labute approximate surface area is 182 Å². The summed E-state index contributed by atoms with van der Waals surface area (Å²) in [6.45, 7) is -0.178. The van der Waals surface area contributed by atoms with Crippen molar-refractivity contribution in [1.82, 2.24) is 9.55 Å². The summed E-state index contributed by atoms with van der Waals surface area (Å²) in [7, 11) is 3.17. The average Bonchev–Trinajstić information content (AvgIpc) is 3.11. The molecule has 0 saturated carbocycles. The first-order chi connectivity index (χ1) is 15.4. The molecule has 9 nitrogen and oxygen atoms in total.